The van der Waals surface area contributed by atoms with E-state index in [0.29, 0.717) is 19.4 Å². The van der Waals surface area contributed by atoms with Gasteiger partial charge in [0, 0.05) is 36.2 Å². The van der Waals surface area contributed by atoms with Crippen molar-refractivity contribution in [1.29, 1.82) is 0 Å². The minimum Gasteiger partial charge on any atom is -0.330 e. The molecule has 0 atom stereocenters. The van der Waals surface area contributed by atoms with E-state index in [1.807, 2.05) is 41.0 Å². The quantitative estimate of drug-likeness (QED) is 0.734. The Morgan fingerprint density at radius 3 is 2.85 bits per heavy atom. The summed E-state index contributed by atoms with van der Waals surface area (Å²) in [6.07, 6.45) is 4.89. The molecule has 2 amide bonds. The van der Waals surface area contributed by atoms with Crippen molar-refractivity contribution in [2.45, 2.75) is 25.8 Å². The number of benzene rings is 2. The summed E-state index contributed by atoms with van der Waals surface area (Å²) in [6.45, 7) is 0.683. The summed E-state index contributed by atoms with van der Waals surface area (Å²) in [4.78, 5) is 28.1. The van der Waals surface area contributed by atoms with Gasteiger partial charge in [0.05, 0.1) is 12.7 Å². The Morgan fingerprint density at radius 1 is 1.15 bits per heavy atom. The summed E-state index contributed by atoms with van der Waals surface area (Å²) in [5, 5.41) is 5.78. The molecule has 0 radical (unpaired) electrons. The smallest absolute Gasteiger partial charge is 0.230 e. The van der Waals surface area contributed by atoms with Crippen LogP contribution in [0.4, 0.5) is 11.4 Å². The molecule has 2 N–H and O–H groups in total. The van der Waals surface area contributed by atoms with Gasteiger partial charge in [-0.1, -0.05) is 30.3 Å². The average molecular weight is 360 g/mol. The van der Waals surface area contributed by atoms with E-state index in [1.165, 1.54) is 0 Å². The number of amides is 2. The summed E-state index contributed by atoms with van der Waals surface area (Å²) in [5.74, 6) is -0.0597. The Hall–Kier alpha value is -3.41. The fraction of sp³-hybridized carbons (Fsp3) is 0.190. The lowest BCUT2D eigenvalue weighted by Crippen LogP contribution is -2.20. The van der Waals surface area contributed by atoms with Gasteiger partial charge in [-0.2, -0.15) is 0 Å². The van der Waals surface area contributed by atoms with E-state index >= 15 is 0 Å². The highest BCUT2D eigenvalue weighted by Crippen LogP contribution is 2.25. The van der Waals surface area contributed by atoms with E-state index in [9.17, 15) is 9.59 Å². The van der Waals surface area contributed by atoms with Gasteiger partial charge in [0.25, 0.3) is 0 Å². The first kappa shape index (κ1) is 17.0. The van der Waals surface area contributed by atoms with Crippen molar-refractivity contribution in [3.05, 3.63) is 77.9 Å². The van der Waals surface area contributed by atoms with Gasteiger partial charge in [-0.15, -0.1) is 0 Å². The van der Waals surface area contributed by atoms with Crippen LogP contribution in [0, 0.1) is 0 Å². The maximum absolute atomic E-state index is 12.5. The van der Waals surface area contributed by atoms with Crippen LogP contribution in [0.5, 0.6) is 0 Å². The molecule has 136 valence electrons. The van der Waals surface area contributed by atoms with Crippen molar-refractivity contribution in [2.75, 3.05) is 10.6 Å². The first-order valence-corrected chi connectivity index (χ1v) is 8.93. The van der Waals surface area contributed by atoms with Crippen molar-refractivity contribution in [3.63, 3.8) is 0 Å². The molecule has 0 saturated carbocycles. The number of anilines is 2. The second-order valence-corrected chi connectivity index (χ2v) is 6.64. The minimum atomic E-state index is -0.0930. The zero-order valence-corrected chi connectivity index (χ0v) is 14.8. The van der Waals surface area contributed by atoms with Crippen LogP contribution in [0.15, 0.2) is 61.1 Å². The second-order valence-electron chi connectivity index (χ2n) is 6.64. The molecular formula is C21H20N4O2. The summed E-state index contributed by atoms with van der Waals surface area (Å²) >= 11 is 0. The van der Waals surface area contributed by atoms with Crippen LogP contribution in [-0.4, -0.2) is 21.4 Å². The van der Waals surface area contributed by atoms with Gasteiger partial charge in [-0.25, -0.2) is 4.98 Å². The maximum atomic E-state index is 12.5. The number of nitrogens with zero attached hydrogens (tertiary/aromatic N) is 2. The number of rotatable bonds is 5. The van der Waals surface area contributed by atoms with Gasteiger partial charge < -0.3 is 15.2 Å². The van der Waals surface area contributed by atoms with Crippen LogP contribution >= 0.6 is 0 Å². The molecule has 6 heteroatoms. The highest BCUT2D eigenvalue weighted by atomic mass is 16.2. The van der Waals surface area contributed by atoms with Crippen molar-refractivity contribution in [3.8, 4) is 0 Å². The molecule has 0 bridgehead atoms. The molecule has 27 heavy (non-hydrogen) atoms. The SMILES string of the molecule is O=C(Cc1cncn1Cc1ccccc1)Nc1ccc2c(c1)CCC(=O)N2. The topological polar surface area (TPSA) is 76.0 Å². The molecule has 6 nitrogen and oxygen atoms in total. The molecule has 1 aliphatic heterocycles. The Bertz CT molecular complexity index is 979. The molecule has 0 unspecified atom stereocenters. The molecule has 0 saturated heterocycles. The number of carbonyl (C=O) groups is 2. The molecule has 0 aliphatic carbocycles. The van der Waals surface area contributed by atoms with Crippen LogP contribution < -0.4 is 10.6 Å². The molecule has 3 aromatic rings. The number of aryl methyl sites for hydroxylation is 1. The van der Waals surface area contributed by atoms with Crippen molar-refractivity contribution < 1.29 is 9.59 Å². The highest BCUT2D eigenvalue weighted by Gasteiger charge is 2.16. The average Bonchev–Trinajstić information content (AvgIpc) is 3.09. The van der Waals surface area contributed by atoms with Gasteiger partial charge in [0.1, 0.15) is 0 Å². The number of imidazole rings is 1. The molecule has 1 aromatic heterocycles. The Morgan fingerprint density at radius 2 is 2.00 bits per heavy atom. The molecule has 0 fully saturated rings. The number of hydrogen-bond donors (Lipinski definition) is 2. The van der Waals surface area contributed by atoms with Crippen molar-refractivity contribution >= 4 is 23.2 Å². The monoisotopic (exact) mass is 360 g/mol. The summed E-state index contributed by atoms with van der Waals surface area (Å²) in [6, 6.07) is 15.6. The summed E-state index contributed by atoms with van der Waals surface area (Å²) < 4.78 is 1.98. The van der Waals surface area contributed by atoms with Crippen LogP contribution in [0.2, 0.25) is 0 Å². The number of hydrogen-bond acceptors (Lipinski definition) is 3. The van der Waals surface area contributed by atoms with Gasteiger partial charge in [0.2, 0.25) is 11.8 Å². The van der Waals surface area contributed by atoms with Crippen molar-refractivity contribution in [1.82, 2.24) is 9.55 Å². The third-order valence-corrected chi connectivity index (χ3v) is 4.62. The fourth-order valence-corrected chi connectivity index (χ4v) is 3.25. The molecule has 2 heterocycles. The highest BCUT2D eigenvalue weighted by molar-refractivity contribution is 5.96. The summed E-state index contributed by atoms with van der Waals surface area (Å²) in [5.41, 5.74) is 4.63. The standard InChI is InChI=1S/C21H20N4O2/c26-20-9-6-16-10-17(7-8-19(16)24-20)23-21(27)11-18-12-22-14-25(18)13-15-4-2-1-3-5-15/h1-5,7-8,10,12,14H,6,9,11,13H2,(H,23,27)(H,24,26). The van der Waals surface area contributed by atoms with E-state index < -0.39 is 0 Å². The second kappa shape index (κ2) is 7.45. The lowest BCUT2D eigenvalue weighted by molar-refractivity contribution is -0.117. The van der Waals surface area contributed by atoms with E-state index in [-0.39, 0.29) is 18.2 Å². The van der Waals surface area contributed by atoms with E-state index in [0.717, 1.165) is 28.2 Å². The van der Waals surface area contributed by atoms with Crippen LogP contribution in [-0.2, 0) is 29.0 Å². The summed E-state index contributed by atoms with van der Waals surface area (Å²) in [7, 11) is 0. The Labute approximate surface area is 157 Å². The molecule has 0 spiro atoms. The van der Waals surface area contributed by atoms with Gasteiger partial charge in [-0.05, 0) is 35.7 Å². The van der Waals surface area contributed by atoms with Crippen molar-refractivity contribution in [2.24, 2.45) is 0 Å². The third kappa shape index (κ3) is 4.06. The van der Waals surface area contributed by atoms with E-state index in [4.69, 9.17) is 0 Å². The third-order valence-electron chi connectivity index (χ3n) is 4.62. The first-order valence-electron chi connectivity index (χ1n) is 8.93. The maximum Gasteiger partial charge on any atom is 0.230 e. The first-order chi connectivity index (χ1) is 13.2. The predicted octanol–water partition coefficient (Wildman–Crippen LogP) is 3.00. The lowest BCUT2D eigenvalue weighted by Gasteiger charge is -2.17. The van der Waals surface area contributed by atoms with E-state index in [1.54, 1.807) is 12.5 Å². The lowest BCUT2D eigenvalue weighted by atomic mass is 10.0. The fourth-order valence-electron chi connectivity index (χ4n) is 3.25. The Kier molecular flexibility index (Phi) is 4.70. The van der Waals surface area contributed by atoms with E-state index in [2.05, 4.69) is 27.8 Å². The Balaban J connectivity index is 1.42. The van der Waals surface area contributed by atoms with Gasteiger partial charge >= 0.3 is 0 Å². The van der Waals surface area contributed by atoms with Crippen LogP contribution in [0.25, 0.3) is 0 Å². The number of aromatic nitrogens is 2. The minimum absolute atomic E-state index is 0.0333. The zero-order chi connectivity index (χ0) is 18.6. The number of carbonyl (C=O) groups excluding carboxylic acids is 2. The largest absolute Gasteiger partial charge is 0.330 e. The molecule has 4 rings (SSSR count). The van der Waals surface area contributed by atoms with Gasteiger partial charge in [-0.3, -0.25) is 9.59 Å². The zero-order valence-electron chi connectivity index (χ0n) is 14.8. The number of fused-ring (bicyclic) bond motifs is 1. The predicted molar refractivity (Wildman–Crippen MR) is 103 cm³/mol. The van der Waals surface area contributed by atoms with Gasteiger partial charge in [0.15, 0.2) is 0 Å². The molecular weight excluding hydrogens is 340 g/mol. The number of nitrogens with one attached hydrogen (secondary N) is 2. The normalized spacial score (nSPS) is 13.0. The van der Waals surface area contributed by atoms with Crippen LogP contribution in [0.3, 0.4) is 0 Å². The molecule has 1 aliphatic rings. The molecule has 2 aromatic carbocycles. The van der Waals surface area contributed by atoms with Crippen LogP contribution in [0.1, 0.15) is 23.2 Å².